The second kappa shape index (κ2) is 11.8. The van der Waals surface area contributed by atoms with Crippen LogP contribution in [0.1, 0.15) is 99.8 Å². The van der Waals surface area contributed by atoms with E-state index in [0.29, 0.717) is 53.7 Å². The van der Waals surface area contributed by atoms with E-state index in [2.05, 4.69) is 22.4 Å². The fraction of sp³-hybridized carbons (Fsp3) is 0.600. The van der Waals surface area contributed by atoms with Crippen molar-refractivity contribution in [3.8, 4) is 0 Å². The molecule has 41 heavy (non-hydrogen) atoms. The summed E-state index contributed by atoms with van der Waals surface area (Å²) in [6, 6.07) is 2.33. The van der Waals surface area contributed by atoms with Gasteiger partial charge in [-0.1, -0.05) is 37.9 Å². The molecule has 5 rings (SSSR count). The number of halogens is 1. The minimum atomic E-state index is -0.680. The van der Waals surface area contributed by atoms with Crippen molar-refractivity contribution >= 4 is 23.0 Å². The Labute approximate surface area is 239 Å². The van der Waals surface area contributed by atoms with Gasteiger partial charge in [-0.05, 0) is 57.9 Å². The van der Waals surface area contributed by atoms with E-state index in [-0.39, 0.29) is 23.9 Å². The molecule has 0 spiro atoms. The topological polar surface area (TPSA) is 123 Å². The summed E-state index contributed by atoms with van der Waals surface area (Å²) in [4.78, 5) is 35.8. The first-order valence-corrected chi connectivity index (χ1v) is 14.5. The Hall–Kier alpha value is -3.47. The van der Waals surface area contributed by atoms with Gasteiger partial charge in [0.15, 0.2) is 5.82 Å². The maximum absolute atomic E-state index is 16.2. The highest BCUT2D eigenvalue weighted by atomic mass is 19.1. The molecule has 1 aliphatic heterocycles. The predicted molar refractivity (Wildman–Crippen MR) is 150 cm³/mol. The standard InChI is InChI=1S/C30H40FN5O5/c1-6-21-20(15-40-35-21)28(37)34-25(18-9-7-17(2)8-10-18)27-32-22-12-11-19(24(31)26(22)33-27)23-16-39-14-13-36(23)29(38)41-30(3,4)5/h11-12,15,17-18,23,25H,6-10,13-14,16H2,1-5H3,(H,32,33)(H,34,37). The molecule has 2 N–H and O–H groups in total. The minimum Gasteiger partial charge on any atom is -0.444 e. The molecule has 2 aliphatic rings. The molecule has 3 heterocycles. The fourth-order valence-corrected chi connectivity index (χ4v) is 5.83. The maximum atomic E-state index is 16.2. The Kier molecular flexibility index (Phi) is 8.35. The summed E-state index contributed by atoms with van der Waals surface area (Å²) < 4.78 is 32.4. The number of amides is 2. The molecule has 1 aliphatic carbocycles. The number of benzene rings is 1. The number of hydrogen-bond acceptors (Lipinski definition) is 7. The molecule has 2 unspecified atom stereocenters. The highest BCUT2D eigenvalue weighted by Gasteiger charge is 2.36. The molecule has 1 saturated carbocycles. The molecule has 222 valence electrons. The van der Waals surface area contributed by atoms with Crippen LogP contribution in [0, 0.1) is 17.7 Å². The summed E-state index contributed by atoms with van der Waals surface area (Å²) in [5.74, 6) is 0.443. The Morgan fingerprint density at radius 1 is 1.24 bits per heavy atom. The van der Waals surface area contributed by atoms with E-state index in [1.165, 1.54) is 11.2 Å². The molecule has 2 aromatic heterocycles. The number of nitrogens with one attached hydrogen (secondary N) is 2. The molecule has 10 nitrogen and oxygen atoms in total. The van der Waals surface area contributed by atoms with E-state index < -0.39 is 29.6 Å². The molecule has 11 heteroatoms. The lowest BCUT2D eigenvalue weighted by Gasteiger charge is -2.36. The van der Waals surface area contributed by atoms with E-state index in [9.17, 15) is 9.59 Å². The van der Waals surface area contributed by atoms with Gasteiger partial charge in [0.1, 0.15) is 28.8 Å². The lowest BCUT2D eigenvalue weighted by atomic mass is 9.79. The number of aromatic amines is 1. The highest BCUT2D eigenvalue weighted by Crippen LogP contribution is 2.38. The van der Waals surface area contributed by atoms with E-state index in [4.69, 9.17) is 19.0 Å². The number of hydrogen-bond donors (Lipinski definition) is 2. The fourth-order valence-electron chi connectivity index (χ4n) is 5.83. The number of aromatic nitrogens is 3. The van der Waals surface area contributed by atoms with Crippen molar-refractivity contribution in [2.45, 2.75) is 84.4 Å². The smallest absolute Gasteiger partial charge is 0.410 e. The van der Waals surface area contributed by atoms with E-state index in [1.54, 1.807) is 32.9 Å². The summed E-state index contributed by atoms with van der Waals surface area (Å²) in [7, 11) is 0. The summed E-state index contributed by atoms with van der Waals surface area (Å²) in [5.41, 5.74) is 1.29. The lowest BCUT2D eigenvalue weighted by molar-refractivity contribution is -0.0337. The van der Waals surface area contributed by atoms with Gasteiger partial charge in [-0.25, -0.2) is 14.2 Å². The van der Waals surface area contributed by atoms with E-state index >= 15 is 4.39 Å². The first-order valence-electron chi connectivity index (χ1n) is 14.5. The van der Waals surface area contributed by atoms with Crippen molar-refractivity contribution in [1.29, 1.82) is 0 Å². The van der Waals surface area contributed by atoms with Gasteiger partial charge in [0.2, 0.25) is 0 Å². The maximum Gasteiger partial charge on any atom is 0.410 e. The second-order valence-corrected chi connectivity index (χ2v) is 12.3. The number of carbonyl (C=O) groups is 2. The molecule has 1 aromatic carbocycles. The first kappa shape index (κ1) is 29.0. The van der Waals surface area contributed by atoms with Crippen molar-refractivity contribution < 1.29 is 28.0 Å². The number of H-pyrrole nitrogens is 1. The molecular formula is C30H40FN5O5. The van der Waals surface area contributed by atoms with Crippen LogP contribution in [0.3, 0.4) is 0 Å². The number of nitrogens with zero attached hydrogens (tertiary/aromatic N) is 3. The quantitative estimate of drug-likeness (QED) is 0.381. The van der Waals surface area contributed by atoms with Crippen LogP contribution in [0.15, 0.2) is 22.9 Å². The van der Waals surface area contributed by atoms with Gasteiger partial charge in [-0.2, -0.15) is 0 Å². The summed E-state index contributed by atoms with van der Waals surface area (Å²) >= 11 is 0. The second-order valence-electron chi connectivity index (χ2n) is 12.3. The third-order valence-electron chi connectivity index (χ3n) is 8.09. The molecule has 0 bridgehead atoms. The zero-order valence-corrected chi connectivity index (χ0v) is 24.5. The van der Waals surface area contributed by atoms with Crippen LogP contribution in [0.4, 0.5) is 9.18 Å². The van der Waals surface area contributed by atoms with Gasteiger partial charge in [-0.3, -0.25) is 9.69 Å². The number of fused-ring (bicyclic) bond motifs is 1. The molecule has 1 saturated heterocycles. The van der Waals surface area contributed by atoms with Crippen molar-refractivity contribution in [2.24, 2.45) is 11.8 Å². The number of ether oxygens (including phenoxy) is 2. The molecule has 2 amide bonds. The zero-order valence-electron chi connectivity index (χ0n) is 24.5. The lowest BCUT2D eigenvalue weighted by Crippen LogP contribution is -2.46. The number of carbonyl (C=O) groups excluding carboxylic acids is 2. The van der Waals surface area contributed by atoms with Gasteiger partial charge < -0.3 is 24.3 Å². The normalized spacial score (nSPS) is 22.5. The van der Waals surface area contributed by atoms with E-state index in [0.717, 1.165) is 25.7 Å². The Bertz CT molecular complexity index is 1390. The monoisotopic (exact) mass is 569 g/mol. The largest absolute Gasteiger partial charge is 0.444 e. The van der Waals surface area contributed by atoms with Crippen molar-refractivity contribution in [2.75, 3.05) is 19.8 Å². The average Bonchev–Trinajstić information content (AvgIpc) is 3.59. The number of rotatable bonds is 6. The Morgan fingerprint density at radius 2 is 2.00 bits per heavy atom. The predicted octanol–water partition coefficient (Wildman–Crippen LogP) is 5.86. The average molecular weight is 570 g/mol. The zero-order chi connectivity index (χ0) is 29.3. The molecule has 3 aromatic rings. The van der Waals surface area contributed by atoms with Crippen LogP contribution in [0.5, 0.6) is 0 Å². The molecular weight excluding hydrogens is 529 g/mol. The van der Waals surface area contributed by atoms with E-state index in [1.807, 2.05) is 6.92 Å². The van der Waals surface area contributed by atoms with Gasteiger partial charge >= 0.3 is 6.09 Å². The SMILES string of the molecule is CCc1nocc1C(=O)NC(c1nc2c(F)c(C3COCCN3C(=O)OC(C)(C)C)ccc2[nH]1)C1CCC(C)CC1. The van der Waals surface area contributed by atoms with Gasteiger partial charge in [-0.15, -0.1) is 0 Å². The summed E-state index contributed by atoms with van der Waals surface area (Å²) in [5, 5.41) is 7.09. The third kappa shape index (κ3) is 6.24. The van der Waals surface area contributed by atoms with Crippen LogP contribution < -0.4 is 5.32 Å². The Morgan fingerprint density at radius 3 is 2.71 bits per heavy atom. The molecule has 0 radical (unpaired) electrons. The van der Waals surface area contributed by atoms with Crippen LogP contribution in [-0.4, -0.2) is 57.4 Å². The van der Waals surface area contributed by atoms with Crippen molar-refractivity contribution in [3.05, 3.63) is 46.9 Å². The van der Waals surface area contributed by atoms with Gasteiger partial charge in [0.25, 0.3) is 5.91 Å². The summed E-state index contributed by atoms with van der Waals surface area (Å²) in [6.45, 7) is 10.3. The summed E-state index contributed by atoms with van der Waals surface area (Å²) in [6.07, 6.45) is 5.35. The first-order chi connectivity index (χ1) is 19.6. The Balaban J connectivity index is 1.47. The third-order valence-corrected chi connectivity index (χ3v) is 8.09. The minimum absolute atomic E-state index is 0.137. The van der Waals surface area contributed by atoms with Crippen molar-refractivity contribution in [1.82, 2.24) is 25.3 Å². The molecule has 2 fully saturated rings. The van der Waals surface area contributed by atoms with Gasteiger partial charge in [0.05, 0.1) is 36.5 Å². The van der Waals surface area contributed by atoms with Crippen LogP contribution >= 0.6 is 0 Å². The van der Waals surface area contributed by atoms with Crippen LogP contribution in [0.25, 0.3) is 11.0 Å². The number of aryl methyl sites for hydroxylation is 1. The van der Waals surface area contributed by atoms with Crippen LogP contribution in [-0.2, 0) is 15.9 Å². The van der Waals surface area contributed by atoms with Crippen molar-refractivity contribution in [3.63, 3.8) is 0 Å². The molecule has 2 atom stereocenters. The number of imidazole rings is 1. The van der Waals surface area contributed by atoms with Gasteiger partial charge in [0, 0.05) is 12.1 Å². The highest BCUT2D eigenvalue weighted by molar-refractivity contribution is 5.95. The number of morpholine rings is 1. The van der Waals surface area contributed by atoms with Crippen LogP contribution in [0.2, 0.25) is 0 Å².